The molecule has 0 saturated carbocycles. The van der Waals surface area contributed by atoms with Crippen LogP contribution in [0.4, 0.5) is 0 Å². The highest BCUT2D eigenvalue weighted by molar-refractivity contribution is 5.92. The van der Waals surface area contributed by atoms with Crippen molar-refractivity contribution in [3.8, 4) is 11.5 Å². The lowest BCUT2D eigenvalue weighted by Crippen LogP contribution is -2.14. The van der Waals surface area contributed by atoms with E-state index in [-0.39, 0.29) is 5.75 Å². The minimum absolute atomic E-state index is 0.0628. The zero-order valence-electron chi connectivity index (χ0n) is 12.5. The lowest BCUT2D eigenvalue weighted by Gasteiger charge is -2.15. The molecule has 0 radical (unpaired) electrons. The molecule has 1 aromatic carbocycles. The van der Waals surface area contributed by atoms with E-state index in [4.69, 9.17) is 9.47 Å². The van der Waals surface area contributed by atoms with Crippen molar-refractivity contribution in [3.63, 3.8) is 0 Å². The summed E-state index contributed by atoms with van der Waals surface area (Å²) in [6, 6.07) is 4.38. The number of methoxy groups -OCH3 is 1. The van der Waals surface area contributed by atoms with Crippen molar-refractivity contribution in [3.05, 3.63) is 23.8 Å². The van der Waals surface area contributed by atoms with Crippen molar-refractivity contribution in [2.45, 2.75) is 39.5 Å². The Morgan fingerprint density at radius 2 is 2.10 bits per heavy atom. The summed E-state index contributed by atoms with van der Waals surface area (Å²) >= 11 is 0. The number of rotatable bonds is 8. The number of esters is 1. The minimum atomic E-state index is -0.406. The lowest BCUT2D eigenvalue weighted by molar-refractivity contribution is 0.0424. The molecule has 0 aliphatic carbocycles. The number of ether oxygens (including phenoxy) is 2. The van der Waals surface area contributed by atoms with E-state index in [0.717, 1.165) is 25.7 Å². The third kappa shape index (κ3) is 4.76. The summed E-state index contributed by atoms with van der Waals surface area (Å²) in [5.41, 5.74) is 0.343. The molecule has 0 aromatic heterocycles. The van der Waals surface area contributed by atoms with Gasteiger partial charge in [0.2, 0.25) is 0 Å². The summed E-state index contributed by atoms with van der Waals surface area (Å²) in [6.07, 6.45) is 4.38. The normalized spacial score (nSPS) is 11.9. The lowest BCUT2D eigenvalue weighted by atomic mass is 10.0. The van der Waals surface area contributed by atoms with Crippen molar-refractivity contribution in [1.29, 1.82) is 0 Å². The summed E-state index contributed by atoms with van der Waals surface area (Å²) in [5.74, 6) is 0.392. The molecule has 0 amide bonds. The summed E-state index contributed by atoms with van der Waals surface area (Å²) in [4.78, 5) is 12.0. The van der Waals surface area contributed by atoms with Crippen LogP contribution in [0.15, 0.2) is 18.2 Å². The molecule has 0 bridgehead atoms. The van der Waals surface area contributed by atoms with Crippen LogP contribution in [0.25, 0.3) is 0 Å². The first-order valence-corrected chi connectivity index (χ1v) is 7.16. The van der Waals surface area contributed by atoms with Crippen molar-refractivity contribution in [2.24, 2.45) is 5.92 Å². The third-order valence-corrected chi connectivity index (χ3v) is 3.40. The molecule has 0 heterocycles. The summed E-state index contributed by atoms with van der Waals surface area (Å²) < 4.78 is 10.4. The number of aromatic hydroxyl groups is 1. The SMILES string of the molecule is CCCCC(CC)COC(=O)c1ccc(O)cc1OC. The Morgan fingerprint density at radius 3 is 2.70 bits per heavy atom. The van der Waals surface area contributed by atoms with Gasteiger partial charge < -0.3 is 14.6 Å². The summed E-state index contributed by atoms with van der Waals surface area (Å²) in [7, 11) is 1.46. The van der Waals surface area contributed by atoms with Gasteiger partial charge in [-0.25, -0.2) is 4.79 Å². The van der Waals surface area contributed by atoms with Crippen LogP contribution in [0.1, 0.15) is 49.9 Å². The van der Waals surface area contributed by atoms with Crippen molar-refractivity contribution >= 4 is 5.97 Å². The van der Waals surface area contributed by atoms with E-state index in [0.29, 0.717) is 23.8 Å². The molecule has 1 rings (SSSR count). The zero-order chi connectivity index (χ0) is 15.0. The summed E-state index contributed by atoms with van der Waals surface area (Å²) in [6.45, 7) is 4.69. The Hall–Kier alpha value is -1.71. The smallest absolute Gasteiger partial charge is 0.341 e. The van der Waals surface area contributed by atoms with Gasteiger partial charge in [-0.2, -0.15) is 0 Å². The van der Waals surface area contributed by atoms with Crippen molar-refractivity contribution in [2.75, 3.05) is 13.7 Å². The fourth-order valence-electron chi connectivity index (χ4n) is 2.02. The van der Waals surface area contributed by atoms with Crippen LogP contribution >= 0.6 is 0 Å². The second kappa shape index (κ2) is 8.46. The molecule has 1 unspecified atom stereocenters. The maximum absolute atomic E-state index is 12.0. The second-order valence-electron chi connectivity index (χ2n) is 4.90. The number of unbranched alkanes of at least 4 members (excludes halogenated alkanes) is 1. The van der Waals surface area contributed by atoms with Gasteiger partial charge in [0.05, 0.1) is 13.7 Å². The first-order chi connectivity index (χ1) is 9.62. The number of hydrogen-bond donors (Lipinski definition) is 1. The van der Waals surface area contributed by atoms with Crippen LogP contribution in [0.5, 0.6) is 11.5 Å². The second-order valence-corrected chi connectivity index (χ2v) is 4.90. The van der Waals surface area contributed by atoms with Crippen LogP contribution in [0, 0.1) is 5.92 Å². The predicted molar refractivity (Wildman–Crippen MR) is 78.2 cm³/mol. The molecule has 20 heavy (non-hydrogen) atoms. The minimum Gasteiger partial charge on any atom is -0.508 e. The average molecular weight is 280 g/mol. The maximum atomic E-state index is 12.0. The highest BCUT2D eigenvalue weighted by atomic mass is 16.5. The first-order valence-electron chi connectivity index (χ1n) is 7.16. The van der Waals surface area contributed by atoms with Gasteiger partial charge in [-0.15, -0.1) is 0 Å². The number of phenolic OH excluding ortho intramolecular Hbond substituents is 1. The van der Waals surface area contributed by atoms with Gasteiger partial charge in [-0.3, -0.25) is 0 Å². The molecular weight excluding hydrogens is 256 g/mol. The molecule has 4 heteroatoms. The Labute approximate surface area is 120 Å². The van der Waals surface area contributed by atoms with Gasteiger partial charge in [-0.1, -0.05) is 33.1 Å². The van der Waals surface area contributed by atoms with E-state index >= 15 is 0 Å². The van der Waals surface area contributed by atoms with Crippen LogP contribution in [-0.2, 0) is 4.74 Å². The molecule has 0 aliphatic rings. The number of carbonyl (C=O) groups is 1. The number of benzene rings is 1. The molecule has 112 valence electrons. The standard InChI is InChI=1S/C16H24O4/c1-4-6-7-12(5-2)11-20-16(18)14-9-8-13(17)10-15(14)19-3/h8-10,12,17H,4-7,11H2,1-3H3. The maximum Gasteiger partial charge on any atom is 0.341 e. The van der Waals surface area contributed by atoms with Gasteiger partial charge in [0, 0.05) is 6.07 Å². The molecule has 0 spiro atoms. The van der Waals surface area contributed by atoms with Crippen LogP contribution in [0.3, 0.4) is 0 Å². The number of carbonyl (C=O) groups excluding carboxylic acids is 1. The monoisotopic (exact) mass is 280 g/mol. The molecule has 0 aliphatic heterocycles. The van der Waals surface area contributed by atoms with E-state index in [2.05, 4.69) is 13.8 Å². The topological polar surface area (TPSA) is 55.8 Å². The highest BCUT2D eigenvalue weighted by Crippen LogP contribution is 2.25. The third-order valence-electron chi connectivity index (χ3n) is 3.40. The van der Waals surface area contributed by atoms with Crippen LogP contribution < -0.4 is 4.74 Å². The Balaban J connectivity index is 2.62. The Morgan fingerprint density at radius 1 is 1.35 bits per heavy atom. The molecule has 1 aromatic rings. The van der Waals surface area contributed by atoms with Crippen LogP contribution in [-0.4, -0.2) is 24.8 Å². The van der Waals surface area contributed by atoms with E-state index in [1.807, 2.05) is 0 Å². The molecule has 4 nitrogen and oxygen atoms in total. The largest absolute Gasteiger partial charge is 0.508 e. The molecule has 1 atom stereocenters. The average Bonchev–Trinajstić information content (AvgIpc) is 2.47. The van der Waals surface area contributed by atoms with Gasteiger partial charge in [0.1, 0.15) is 17.1 Å². The molecule has 1 N–H and O–H groups in total. The van der Waals surface area contributed by atoms with E-state index in [9.17, 15) is 9.90 Å². The van der Waals surface area contributed by atoms with Gasteiger partial charge in [0.25, 0.3) is 0 Å². The van der Waals surface area contributed by atoms with Crippen LogP contribution in [0.2, 0.25) is 0 Å². The fraction of sp³-hybridized carbons (Fsp3) is 0.562. The quantitative estimate of drug-likeness (QED) is 0.736. The number of hydrogen-bond acceptors (Lipinski definition) is 4. The van der Waals surface area contributed by atoms with Crippen molar-refractivity contribution in [1.82, 2.24) is 0 Å². The number of phenols is 1. The zero-order valence-corrected chi connectivity index (χ0v) is 12.5. The molecule has 0 saturated heterocycles. The van der Waals surface area contributed by atoms with Crippen molar-refractivity contribution < 1.29 is 19.4 Å². The highest BCUT2D eigenvalue weighted by Gasteiger charge is 2.16. The fourth-order valence-corrected chi connectivity index (χ4v) is 2.02. The van der Waals surface area contributed by atoms with Gasteiger partial charge in [0.15, 0.2) is 0 Å². The van der Waals surface area contributed by atoms with E-state index in [1.165, 1.54) is 25.3 Å². The van der Waals surface area contributed by atoms with Gasteiger partial charge in [-0.05, 0) is 24.5 Å². The Bertz CT molecular complexity index is 428. The first kappa shape index (κ1) is 16.3. The molecule has 0 fully saturated rings. The van der Waals surface area contributed by atoms with E-state index in [1.54, 1.807) is 0 Å². The predicted octanol–water partition coefficient (Wildman–Crippen LogP) is 3.77. The molecular formula is C16H24O4. The Kier molecular flexibility index (Phi) is 6.91. The van der Waals surface area contributed by atoms with E-state index < -0.39 is 5.97 Å². The van der Waals surface area contributed by atoms with Gasteiger partial charge >= 0.3 is 5.97 Å². The summed E-state index contributed by atoms with van der Waals surface area (Å²) in [5, 5.41) is 9.37.